The van der Waals surface area contributed by atoms with E-state index in [2.05, 4.69) is 58.5 Å². The van der Waals surface area contributed by atoms with Crippen LogP contribution in [0.2, 0.25) is 0 Å². The first-order valence-corrected chi connectivity index (χ1v) is 11.9. The number of rotatable bonds is 6. The van der Waals surface area contributed by atoms with Gasteiger partial charge in [0.15, 0.2) is 6.61 Å². The van der Waals surface area contributed by atoms with Crippen molar-refractivity contribution in [3.63, 3.8) is 0 Å². The van der Waals surface area contributed by atoms with Crippen LogP contribution in [0.4, 0.5) is 0 Å². The van der Waals surface area contributed by atoms with E-state index in [4.69, 9.17) is 4.74 Å². The average Bonchev–Trinajstić information content (AvgIpc) is 2.81. The maximum absolute atomic E-state index is 13.1. The zero-order chi connectivity index (χ0) is 25.6. The molecule has 3 aromatic rings. The molecule has 0 saturated heterocycles. The smallest absolute Gasteiger partial charge is 0.276 e. The van der Waals surface area contributed by atoms with Gasteiger partial charge in [-0.2, -0.15) is 0 Å². The molecule has 0 heterocycles. The molecule has 5 nitrogen and oxygen atoms in total. The van der Waals surface area contributed by atoms with E-state index in [-0.39, 0.29) is 23.3 Å². The predicted octanol–water partition coefficient (Wildman–Crippen LogP) is 5.64. The van der Waals surface area contributed by atoms with Crippen molar-refractivity contribution in [1.82, 2.24) is 10.9 Å². The minimum atomic E-state index is -0.545. The maximum Gasteiger partial charge on any atom is 0.276 e. The fraction of sp³-hybridized carbons (Fsp3) is 0.333. The Hall–Kier alpha value is -3.60. The third-order valence-electron chi connectivity index (χ3n) is 5.87. The number of hydrazine groups is 1. The highest BCUT2D eigenvalue weighted by Gasteiger charge is 2.25. The van der Waals surface area contributed by atoms with Crippen LogP contribution in [0.15, 0.2) is 78.9 Å². The lowest BCUT2D eigenvalue weighted by Crippen LogP contribution is -2.46. The Kier molecular flexibility index (Phi) is 8.00. The fourth-order valence-corrected chi connectivity index (χ4v) is 3.88. The topological polar surface area (TPSA) is 67.4 Å². The Balaban J connectivity index is 1.67. The van der Waals surface area contributed by atoms with Crippen molar-refractivity contribution in [2.24, 2.45) is 0 Å². The molecule has 184 valence electrons. The third kappa shape index (κ3) is 6.95. The highest BCUT2D eigenvalue weighted by atomic mass is 16.5. The lowest BCUT2D eigenvalue weighted by atomic mass is 9.80. The maximum atomic E-state index is 13.1. The van der Waals surface area contributed by atoms with E-state index in [0.29, 0.717) is 5.75 Å². The molecular weight excluding hydrogens is 436 g/mol. The summed E-state index contributed by atoms with van der Waals surface area (Å²) in [6.45, 7) is 12.7. The summed E-state index contributed by atoms with van der Waals surface area (Å²) in [6, 6.07) is 25.1. The van der Waals surface area contributed by atoms with E-state index in [1.807, 2.05) is 72.8 Å². The minimum Gasteiger partial charge on any atom is -0.483 e. The summed E-state index contributed by atoms with van der Waals surface area (Å²) in [4.78, 5) is 25.6. The van der Waals surface area contributed by atoms with Crippen molar-refractivity contribution >= 4 is 11.8 Å². The Morgan fingerprint density at radius 3 is 1.77 bits per heavy atom. The number of amides is 2. The van der Waals surface area contributed by atoms with E-state index in [1.54, 1.807) is 0 Å². The molecule has 0 fully saturated rings. The van der Waals surface area contributed by atoms with Crippen molar-refractivity contribution in [1.29, 1.82) is 0 Å². The minimum absolute atomic E-state index is 0.00817. The van der Waals surface area contributed by atoms with E-state index in [0.717, 1.165) is 16.7 Å². The molecule has 0 aliphatic carbocycles. The van der Waals surface area contributed by atoms with Crippen molar-refractivity contribution in [2.45, 2.75) is 58.3 Å². The number of ether oxygens (including phenoxy) is 1. The average molecular weight is 473 g/mol. The lowest BCUT2D eigenvalue weighted by Gasteiger charge is -2.27. The molecule has 0 spiro atoms. The van der Waals surface area contributed by atoms with Crippen molar-refractivity contribution < 1.29 is 14.3 Å². The number of benzene rings is 3. The Morgan fingerprint density at radius 2 is 1.29 bits per heavy atom. The van der Waals surface area contributed by atoms with E-state index < -0.39 is 11.8 Å². The molecule has 0 saturated carbocycles. The normalized spacial score (nSPS) is 11.7. The molecule has 0 radical (unpaired) electrons. The van der Waals surface area contributed by atoms with Gasteiger partial charge in [-0.25, -0.2) is 0 Å². The van der Waals surface area contributed by atoms with Crippen LogP contribution in [0.25, 0.3) is 0 Å². The standard InChI is InChI=1S/C30H36N2O3/c1-29(2,3)23-17-18-25(24(19-23)30(4,5)6)35-20-26(33)31-32-28(34)27(21-13-9-7-10-14-21)22-15-11-8-12-16-22/h7-19,27H,20H2,1-6H3,(H,31,33)(H,32,34). The summed E-state index contributed by atoms with van der Waals surface area (Å²) in [5.41, 5.74) is 8.86. The van der Waals surface area contributed by atoms with Gasteiger partial charge < -0.3 is 4.74 Å². The molecule has 0 bridgehead atoms. The molecule has 0 atom stereocenters. The van der Waals surface area contributed by atoms with Gasteiger partial charge >= 0.3 is 0 Å². The van der Waals surface area contributed by atoms with Gasteiger partial charge in [0.05, 0.1) is 5.92 Å². The Labute approximate surface area is 208 Å². The molecule has 0 unspecified atom stereocenters. The molecule has 5 heteroatoms. The van der Waals surface area contributed by atoms with Crippen LogP contribution in [0.3, 0.4) is 0 Å². The Morgan fingerprint density at radius 1 is 0.743 bits per heavy atom. The molecule has 35 heavy (non-hydrogen) atoms. The van der Waals surface area contributed by atoms with Gasteiger partial charge in [0, 0.05) is 0 Å². The molecule has 2 amide bonds. The molecule has 3 aromatic carbocycles. The SMILES string of the molecule is CC(C)(C)c1ccc(OCC(=O)NNC(=O)C(c2ccccc2)c2ccccc2)c(C(C)(C)C)c1. The lowest BCUT2D eigenvalue weighted by molar-refractivity contribution is -0.130. The third-order valence-corrected chi connectivity index (χ3v) is 5.87. The second-order valence-corrected chi connectivity index (χ2v) is 10.8. The van der Waals surface area contributed by atoms with Gasteiger partial charge in [0.1, 0.15) is 5.75 Å². The molecule has 0 aliphatic heterocycles. The second-order valence-electron chi connectivity index (χ2n) is 10.8. The van der Waals surface area contributed by atoms with Gasteiger partial charge in [-0.3, -0.25) is 20.4 Å². The monoisotopic (exact) mass is 472 g/mol. The van der Waals surface area contributed by atoms with Gasteiger partial charge in [-0.15, -0.1) is 0 Å². The van der Waals surface area contributed by atoms with Crippen LogP contribution < -0.4 is 15.6 Å². The summed E-state index contributed by atoms with van der Waals surface area (Å²) >= 11 is 0. The van der Waals surface area contributed by atoms with E-state index in [9.17, 15) is 9.59 Å². The first-order valence-electron chi connectivity index (χ1n) is 11.9. The van der Waals surface area contributed by atoms with Crippen LogP contribution in [0.5, 0.6) is 5.75 Å². The van der Waals surface area contributed by atoms with Gasteiger partial charge in [0.25, 0.3) is 5.91 Å². The molecule has 0 aliphatic rings. The van der Waals surface area contributed by atoms with E-state index in [1.165, 1.54) is 5.56 Å². The number of hydrogen-bond acceptors (Lipinski definition) is 3. The number of hydrogen-bond donors (Lipinski definition) is 2. The summed E-state index contributed by atoms with van der Waals surface area (Å²) in [5.74, 6) is -0.631. The first kappa shape index (κ1) is 26.0. The van der Waals surface area contributed by atoms with Gasteiger partial charge in [-0.05, 0) is 39.2 Å². The quantitative estimate of drug-likeness (QED) is 0.456. The zero-order valence-electron chi connectivity index (χ0n) is 21.5. The van der Waals surface area contributed by atoms with Crippen LogP contribution >= 0.6 is 0 Å². The van der Waals surface area contributed by atoms with Crippen molar-refractivity contribution in [2.75, 3.05) is 6.61 Å². The van der Waals surface area contributed by atoms with E-state index >= 15 is 0 Å². The van der Waals surface area contributed by atoms with Crippen molar-refractivity contribution in [3.05, 3.63) is 101 Å². The highest BCUT2D eigenvalue weighted by Crippen LogP contribution is 2.35. The highest BCUT2D eigenvalue weighted by molar-refractivity contribution is 5.89. The number of nitrogens with one attached hydrogen (secondary N) is 2. The second kappa shape index (κ2) is 10.8. The van der Waals surface area contributed by atoms with Crippen LogP contribution in [-0.4, -0.2) is 18.4 Å². The summed E-state index contributed by atoms with van der Waals surface area (Å²) in [7, 11) is 0. The predicted molar refractivity (Wildman–Crippen MR) is 140 cm³/mol. The Bertz CT molecular complexity index is 1100. The van der Waals surface area contributed by atoms with Crippen LogP contribution in [0, 0.1) is 0 Å². The van der Waals surface area contributed by atoms with Gasteiger partial charge in [0.2, 0.25) is 5.91 Å². The summed E-state index contributed by atoms with van der Waals surface area (Å²) in [6.07, 6.45) is 0. The molecule has 2 N–H and O–H groups in total. The fourth-order valence-electron chi connectivity index (χ4n) is 3.88. The van der Waals surface area contributed by atoms with Crippen LogP contribution in [0.1, 0.15) is 69.7 Å². The molecule has 3 rings (SSSR count). The number of carbonyl (C=O) groups excluding carboxylic acids is 2. The largest absolute Gasteiger partial charge is 0.483 e. The van der Waals surface area contributed by atoms with Crippen molar-refractivity contribution in [3.8, 4) is 5.75 Å². The first-order chi connectivity index (χ1) is 16.5. The zero-order valence-corrected chi connectivity index (χ0v) is 21.5. The van der Waals surface area contributed by atoms with Gasteiger partial charge in [-0.1, -0.05) is 114 Å². The van der Waals surface area contributed by atoms with Crippen LogP contribution in [-0.2, 0) is 20.4 Å². The molecule has 0 aromatic heterocycles. The summed E-state index contributed by atoms with van der Waals surface area (Å²) in [5, 5.41) is 0. The molecular formula is C30H36N2O3. The summed E-state index contributed by atoms with van der Waals surface area (Å²) < 4.78 is 5.89. The number of carbonyl (C=O) groups is 2.